The Morgan fingerprint density at radius 2 is 1.92 bits per heavy atom. The van der Waals surface area contributed by atoms with E-state index in [-0.39, 0.29) is 34.2 Å². The maximum Gasteiger partial charge on any atom is 0.335 e. The average molecular weight is 540 g/mol. The van der Waals surface area contributed by atoms with E-state index in [4.69, 9.17) is 11.6 Å². The number of hydrogen-bond donors (Lipinski definition) is 3. The fourth-order valence-corrected chi connectivity index (χ4v) is 4.83. The van der Waals surface area contributed by atoms with Crippen molar-refractivity contribution in [2.24, 2.45) is 0 Å². The summed E-state index contributed by atoms with van der Waals surface area (Å²) < 4.78 is 28.8. The van der Waals surface area contributed by atoms with E-state index in [1.807, 2.05) is 0 Å². The van der Waals surface area contributed by atoms with Crippen LogP contribution in [0.15, 0.2) is 42.6 Å². The maximum absolute atomic E-state index is 14.4. The largest absolute Gasteiger partial charge is 0.478 e. The molecular weight excluding hydrogens is 520 g/mol. The highest BCUT2D eigenvalue weighted by molar-refractivity contribution is 6.30. The summed E-state index contributed by atoms with van der Waals surface area (Å²) in [5, 5.41) is 18.7. The van der Waals surface area contributed by atoms with Crippen molar-refractivity contribution >= 4 is 35.0 Å². The van der Waals surface area contributed by atoms with E-state index in [1.54, 1.807) is 13.0 Å². The van der Waals surface area contributed by atoms with Crippen molar-refractivity contribution in [1.29, 1.82) is 0 Å². The van der Waals surface area contributed by atoms with Crippen molar-refractivity contribution in [3.63, 3.8) is 0 Å². The number of benzene rings is 2. The molecule has 0 aliphatic heterocycles. The third kappa shape index (κ3) is 4.56. The molecule has 3 N–H and O–H groups in total. The number of fused-ring (bicyclic) bond motifs is 2. The topological polar surface area (TPSA) is 126 Å². The zero-order valence-corrected chi connectivity index (χ0v) is 20.6. The number of hydrogen-bond acceptors (Lipinski definition) is 5. The summed E-state index contributed by atoms with van der Waals surface area (Å²) >= 11 is 5.78. The standard InChI is InChI=1S/C26H20ClF2N5O4/c1-12-14-5-7-20(16(14)4-3-15(12)26(37)38)33-25(36)22-9-21(32-23-19(29)11-31-34(22)23)24(35)30-10-13-2-6-18(28)17(27)8-13/h2-4,6,8-9,11,20H,5,7,10H2,1H3,(H,30,35)(H,33,36)(H,37,38)/t20-/m0/s1. The fraction of sp³-hybridized carbons (Fsp3) is 0.192. The van der Waals surface area contributed by atoms with Crippen LogP contribution in [0.3, 0.4) is 0 Å². The van der Waals surface area contributed by atoms with Crippen molar-refractivity contribution in [2.75, 3.05) is 0 Å². The van der Waals surface area contributed by atoms with E-state index < -0.39 is 35.5 Å². The zero-order valence-electron chi connectivity index (χ0n) is 19.9. The Labute approximate surface area is 219 Å². The van der Waals surface area contributed by atoms with Gasteiger partial charge in [-0.1, -0.05) is 23.7 Å². The first-order chi connectivity index (χ1) is 18.1. The van der Waals surface area contributed by atoms with E-state index in [0.717, 1.165) is 21.8 Å². The smallest absolute Gasteiger partial charge is 0.335 e. The van der Waals surface area contributed by atoms with Crippen LogP contribution in [0.2, 0.25) is 5.02 Å². The normalized spacial score (nSPS) is 14.4. The molecule has 38 heavy (non-hydrogen) atoms. The van der Waals surface area contributed by atoms with Crippen molar-refractivity contribution < 1.29 is 28.3 Å². The second-order valence-corrected chi connectivity index (χ2v) is 9.27. The molecule has 2 aromatic carbocycles. The summed E-state index contributed by atoms with van der Waals surface area (Å²) in [6, 6.07) is 7.96. The first-order valence-corrected chi connectivity index (χ1v) is 11.9. The van der Waals surface area contributed by atoms with Gasteiger partial charge in [-0.15, -0.1) is 0 Å². The molecule has 1 aliphatic rings. The van der Waals surface area contributed by atoms with E-state index in [1.165, 1.54) is 30.3 Å². The van der Waals surface area contributed by atoms with Crippen molar-refractivity contribution in [2.45, 2.75) is 32.4 Å². The molecule has 0 bridgehead atoms. The van der Waals surface area contributed by atoms with E-state index in [2.05, 4.69) is 20.7 Å². The molecular formula is C26H20ClF2N5O4. The third-order valence-electron chi connectivity index (χ3n) is 6.56. The highest BCUT2D eigenvalue weighted by atomic mass is 35.5. The van der Waals surface area contributed by atoms with Gasteiger partial charge in [-0.05, 0) is 60.2 Å². The minimum absolute atomic E-state index is 0.00843. The molecule has 5 rings (SSSR count). The predicted molar refractivity (Wildman–Crippen MR) is 132 cm³/mol. The van der Waals surface area contributed by atoms with E-state index in [0.29, 0.717) is 24.0 Å². The molecule has 2 amide bonds. The van der Waals surface area contributed by atoms with Gasteiger partial charge in [0.15, 0.2) is 11.5 Å². The monoisotopic (exact) mass is 539 g/mol. The number of aromatic nitrogens is 3. The maximum atomic E-state index is 14.4. The second-order valence-electron chi connectivity index (χ2n) is 8.86. The number of carboxylic acid groups (broad SMARTS) is 1. The highest BCUT2D eigenvalue weighted by Crippen LogP contribution is 2.35. The van der Waals surface area contributed by atoms with Crippen LogP contribution in [-0.4, -0.2) is 37.5 Å². The summed E-state index contributed by atoms with van der Waals surface area (Å²) in [6.07, 6.45) is 2.01. The van der Waals surface area contributed by atoms with Crippen LogP contribution in [0.25, 0.3) is 5.65 Å². The van der Waals surface area contributed by atoms with Gasteiger partial charge < -0.3 is 15.7 Å². The summed E-state index contributed by atoms with van der Waals surface area (Å²) in [6.45, 7) is 1.72. The number of nitrogens with zero attached hydrogens (tertiary/aromatic N) is 3. The zero-order chi connectivity index (χ0) is 27.1. The Balaban J connectivity index is 1.41. The number of aromatic carboxylic acids is 1. The van der Waals surface area contributed by atoms with Gasteiger partial charge in [0.25, 0.3) is 11.8 Å². The SMILES string of the molecule is Cc1c(C(=O)O)ccc2c1CC[C@@H]2NC(=O)c1cc(C(=O)NCc2ccc(F)c(Cl)c2)nc2c(F)cnn12. The molecule has 4 aromatic rings. The van der Waals surface area contributed by atoms with Gasteiger partial charge in [0, 0.05) is 12.6 Å². The van der Waals surface area contributed by atoms with Crippen LogP contribution in [0.1, 0.15) is 66.1 Å². The second kappa shape index (κ2) is 9.82. The lowest BCUT2D eigenvalue weighted by molar-refractivity contribution is 0.0695. The fourth-order valence-electron chi connectivity index (χ4n) is 4.63. The van der Waals surface area contributed by atoms with Crippen LogP contribution >= 0.6 is 11.6 Å². The van der Waals surface area contributed by atoms with Gasteiger partial charge >= 0.3 is 5.97 Å². The molecule has 0 saturated heterocycles. The van der Waals surface area contributed by atoms with Crippen LogP contribution in [0.4, 0.5) is 8.78 Å². The van der Waals surface area contributed by atoms with Gasteiger partial charge in [-0.2, -0.15) is 5.10 Å². The summed E-state index contributed by atoms with van der Waals surface area (Å²) in [5.74, 6) is -3.74. The van der Waals surface area contributed by atoms with Gasteiger partial charge in [-0.3, -0.25) is 9.59 Å². The van der Waals surface area contributed by atoms with Crippen LogP contribution in [-0.2, 0) is 13.0 Å². The number of halogens is 3. The van der Waals surface area contributed by atoms with Gasteiger partial charge in [0.05, 0.1) is 22.8 Å². The number of carboxylic acids is 1. The van der Waals surface area contributed by atoms with Crippen LogP contribution in [0.5, 0.6) is 0 Å². The van der Waals surface area contributed by atoms with Gasteiger partial charge in [0.2, 0.25) is 0 Å². The van der Waals surface area contributed by atoms with E-state index in [9.17, 15) is 28.3 Å². The molecule has 1 aliphatic carbocycles. The minimum atomic E-state index is -1.02. The number of amides is 2. The molecule has 2 heterocycles. The number of rotatable bonds is 6. The number of carbonyl (C=O) groups is 3. The van der Waals surface area contributed by atoms with Crippen molar-refractivity contribution in [1.82, 2.24) is 25.2 Å². The lowest BCUT2D eigenvalue weighted by Crippen LogP contribution is -2.30. The molecule has 1 atom stereocenters. The van der Waals surface area contributed by atoms with Gasteiger partial charge in [-0.25, -0.2) is 23.1 Å². The Morgan fingerprint density at radius 3 is 2.66 bits per heavy atom. The molecule has 0 spiro atoms. The Hall–Kier alpha value is -4.38. The highest BCUT2D eigenvalue weighted by Gasteiger charge is 2.29. The molecule has 194 valence electrons. The lowest BCUT2D eigenvalue weighted by Gasteiger charge is -2.16. The third-order valence-corrected chi connectivity index (χ3v) is 6.85. The molecule has 2 aromatic heterocycles. The molecule has 0 radical (unpaired) electrons. The van der Waals surface area contributed by atoms with Crippen molar-refractivity contribution in [3.8, 4) is 0 Å². The Kier molecular flexibility index (Phi) is 6.53. The minimum Gasteiger partial charge on any atom is -0.478 e. The molecule has 0 fully saturated rings. The molecule has 9 nitrogen and oxygen atoms in total. The quantitative estimate of drug-likeness (QED) is 0.340. The molecule has 12 heteroatoms. The number of nitrogens with one attached hydrogen (secondary N) is 2. The average Bonchev–Trinajstić information content (AvgIpc) is 3.47. The molecule has 0 saturated carbocycles. The van der Waals surface area contributed by atoms with Gasteiger partial charge in [0.1, 0.15) is 17.2 Å². The Morgan fingerprint density at radius 1 is 1.13 bits per heavy atom. The lowest BCUT2D eigenvalue weighted by atomic mass is 9.98. The molecule has 0 unspecified atom stereocenters. The van der Waals surface area contributed by atoms with Crippen LogP contribution < -0.4 is 10.6 Å². The summed E-state index contributed by atoms with van der Waals surface area (Å²) in [7, 11) is 0. The van der Waals surface area contributed by atoms with Crippen LogP contribution in [0, 0.1) is 18.6 Å². The first kappa shape index (κ1) is 25.3. The predicted octanol–water partition coefficient (Wildman–Crippen LogP) is 4.01. The number of carbonyl (C=O) groups excluding carboxylic acids is 2. The van der Waals surface area contributed by atoms with E-state index >= 15 is 0 Å². The summed E-state index contributed by atoms with van der Waals surface area (Å²) in [5.41, 5.74) is 2.41. The van der Waals surface area contributed by atoms with Crippen molar-refractivity contribution in [3.05, 3.63) is 98.5 Å². The summed E-state index contributed by atoms with van der Waals surface area (Å²) in [4.78, 5) is 41.6. The first-order valence-electron chi connectivity index (χ1n) is 11.6. The Bertz CT molecular complexity index is 1640.